The summed E-state index contributed by atoms with van der Waals surface area (Å²) in [6, 6.07) is 4.33. The van der Waals surface area contributed by atoms with E-state index in [4.69, 9.17) is 9.47 Å². The van der Waals surface area contributed by atoms with E-state index in [1.807, 2.05) is 0 Å². The molecule has 0 N–H and O–H groups in total. The summed E-state index contributed by atoms with van der Waals surface area (Å²) in [5.74, 6) is -1.56. The Balaban J connectivity index is 2.76. The number of likely N-dealkylation sites (N-methyl/N-ethyl adjacent to an activating group) is 1. The molecule has 0 saturated carbocycles. The highest BCUT2D eigenvalue weighted by atomic mass is 32.2. The summed E-state index contributed by atoms with van der Waals surface area (Å²) in [6.07, 6.45) is -4.33. The van der Waals surface area contributed by atoms with Crippen LogP contribution >= 0.6 is 11.8 Å². The molecule has 1 aliphatic rings. The number of carbonyl (C=O) groups is 2. The number of thioether (sulfide) groups is 1. The Kier molecular flexibility index (Phi) is 5.72. The number of esters is 1. The van der Waals surface area contributed by atoms with Gasteiger partial charge in [-0.1, -0.05) is 12.1 Å². The molecule has 0 bridgehead atoms. The van der Waals surface area contributed by atoms with Crippen LogP contribution in [-0.4, -0.2) is 50.2 Å². The number of hydrogen-bond acceptors (Lipinski definition) is 6. The van der Waals surface area contributed by atoms with Crippen LogP contribution in [0.2, 0.25) is 0 Å². The molecule has 9 heteroatoms. The van der Waals surface area contributed by atoms with E-state index in [0.717, 1.165) is 19.2 Å². The number of Topliss-reactive ketones (excluding diaryl/α,β-unsaturated/α-hetero) is 1. The van der Waals surface area contributed by atoms with E-state index in [2.05, 4.69) is 0 Å². The van der Waals surface area contributed by atoms with Crippen LogP contribution < -0.4 is 0 Å². The Morgan fingerprint density at radius 1 is 1.38 bits per heavy atom. The molecule has 0 spiro atoms. The zero-order valence-corrected chi connectivity index (χ0v) is 15.4. The average Bonchev–Trinajstić information content (AvgIpc) is 2.87. The molecule has 2 rings (SSSR count). The molecule has 2 unspecified atom stereocenters. The number of methoxy groups -OCH3 is 1. The van der Waals surface area contributed by atoms with Gasteiger partial charge in [0.05, 0.1) is 12.7 Å². The molecule has 1 aliphatic heterocycles. The third kappa shape index (κ3) is 3.21. The van der Waals surface area contributed by atoms with Gasteiger partial charge in [0.2, 0.25) is 11.9 Å². The summed E-state index contributed by atoms with van der Waals surface area (Å²) in [7, 11) is 4.12. The minimum absolute atomic E-state index is 0.00206. The first-order valence-corrected chi connectivity index (χ1v) is 8.76. The number of rotatable bonds is 4. The van der Waals surface area contributed by atoms with Gasteiger partial charge >= 0.3 is 12.1 Å². The summed E-state index contributed by atoms with van der Waals surface area (Å²) < 4.78 is 49.7. The van der Waals surface area contributed by atoms with Gasteiger partial charge in [-0.2, -0.15) is 13.2 Å². The summed E-state index contributed by atoms with van der Waals surface area (Å²) in [5.41, 5.74) is -2.69. The first-order valence-electron chi connectivity index (χ1n) is 7.48. The second-order valence-electron chi connectivity index (χ2n) is 5.81. The molecule has 142 valence electrons. The Hall–Kier alpha value is -2.00. The van der Waals surface area contributed by atoms with Gasteiger partial charge in [0, 0.05) is 5.41 Å². The van der Waals surface area contributed by atoms with Crippen molar-refractivity contribution in [1.82, 2.24) is 4.90 Å². The number of carbonyl (C=O) groups excluding carboxylic acids is 2. The number of ketones is 1. The molecule has 1 aromatic carbocycles. The van der Waals surface area contributed by atoms with Gasteiger partial charge in [-0.05, 0) is 38.0 Å². The van der Waals surface area contributed by atoms with Gasteiger partial charge in [0.25, 0.3) is 0 Å². The molecule has 0 radical (unpaired) electrons. The molecule has 0 aromatic heterocycles. The van der Waals surface area contributed by atoms with E-state index >= 15 is 0 Å². The van der Waals surface area contributed by atoms with Crippen LogP contribution in [-0.2, 0) is 30.8 Å². The molecule has 1 fully saturated rings. The standard InChI is InChI=1S/C17H18F3NO4S/c1-21(2)16(10-6-5-7-11(8-10)17(18,19)20)13(22)12(9-26-4)25-14(16)15(23)24-3/h5-9,14H,1-4H3. The van der Waals surface area contributed by atoms with Crippen LogP contribution in [0, 0.1) is 0 Å². The highest BCUT2D eigenvalue weighted by Crippen LogP contribution is 2.44. The fourth-order valence-electron chi connectivity index (χ4n) is 3.00. The monoisotopic (exact) mass is 389 g/mol. The van der Waals surface area contributed by atoms with Gasteiger partial charge in [-0.25, -0.2) is 4.79 Å². The minimum atomic E-state index is -4.59. The van der Waals surface area contributed by atoms with Crippen molar-refractivity contribution in [3.63, 3.8) is 0 Å². The predicted molar refractivity (Wildman–Crippen MR) is 90.3 cm³/mol. The van der Waals surface area contributed by atoms with Crippen LogP contribution in [0.15, 0.2) is 35.4 Å². The van der Waals surface area contributed by atoms with Crippen molar-refractivity contribution < 1.29 is 32.2 Å². The fraction of sp³-hybridized carbons (Fsp3) is 0.412. The lowest BCUT2D eigenvalue weighted by Crippen LogP contribution is -2.55. The maximum atomic E-state index is 13.2. The Morgan fingerprint density at radius 3 is 2.54 bits per heavy atom. The average molecular weight is 389 g/mol. The number of nitrogens with zero attached hydrogens (tertiary/aromatic N) is 1. The largest absolute Gasteiger partial charge is 0.471 e. The molecular formula is C17H18F3NO4S. The summed E-state index contributed by atoms with van der Waals surface area (Å²) in [5, 5.41) is 1.41. The second-order valence-corrected chi connectivity index (χ2v) is 6.51. The van der Waals surface area contributed by atoms with Crippen LogP contribution in [0.3, 0.4) is 0 Å². The predicted octanol–water partition coefficient (Wildman–Crippen LogP) is 2.81. The highest BCUT2D eigenvalue weighted by molar-refractivity contribution is 8.01. The second kappa shape index (κ2) is 7.32. The summed E-state index contributed by atoms with van der Waals surface area (Å²) in [4.78, 5) is 26.8. The first kappa shape index (κ1) is 20.3. The van der Waals surface area contributed by atoms with Crippen LogP contribution in [0.25, 0.3) is 0 Å². The number of alkyl halides is 3. The van der Waals surface area contributed by atoms with Crippen molar-refractivity contribution >= 4 is 23.5 Å². The Morgan fingerprint density at radius 2 is 2.04 bits per heavy atom. The van der Waals surface area contributed by atoms with Gasteiger partial charge in [0.15, 0.2) is 11.3 Å². The lowest BCUT2D eigenvalue weighted by atomic mass is 9.80. The van der Waals surface area contributed by atoms with Crippen molar-refractivity contribution in [2.24, 2.45) is 0 Å². The molecule has 1 aromatic rings. The van der Waals surface area contributed by atoms with Crippen LogP contribution in [0.5, 0.6) is 0 Å². The van der Waals surface area contributed by atoms with E-state index in [1.54, 1.807) is 6.26 Å². The van der Waals surface area contributed by atoms with Crippen molar-refractivity contribution in [3.8, 4) is 0 Å². The topological polar surface area (TPSA) is 55.8 Å². The highest BCUT2D eigenvalue weighted by Gasteiger charge is 2.61. The molecule has 2 atom stereocenters. The molecule has 0 amide bonds. The SMILES string of the molecule is COC(=O)C1OC(=CSC)C(=O)C1(c1cccc(C(F)(F)F)c1)N(C)C. The third-order valence-corrected chi connectivity index (χ3v) is 4.62. The smallest absolute Gasteiger partial charge is 0.416 e. The number of benzene rings is 1. The minimum Gasteiger partial charge on any atom is -0.471 e. The van der Waals surface area contributed by atoms with E-state index in [-0.39, 0.29) is 11.3 Å². The van der Waals surface area contributed by atoms with Crippen LogP contribution in [0.1, 0.15) is 11.1 Å². The van der Waals surface area contributed by atoms with Gasteiger partial charge in [-0.15, -0.1) is 11.8 Å². The van der Waals surface area contributed by atoms with E-state index in [0.29, 0.717) is 0 Å². The molecular weight excluding hydrogens is 371 g/mol. The van der Waals surface area contributed by atoms with Gasteiger partial charge in [0.1, 0.15) is 0 Å². The van der Waals surface area contributed by atoms with Gasteiger partial charge < -0.3 is 9.47 Å². The van der Waals surface area contributed by atoms with Crippen molar-refractivity contribution in [2.45, 2.75) is 17.8 Å². The zero-order chi connectivity index (χ0) is 19.7. The van der Waals surface area contributed by atoms with Crippen molar-refractivity contribution in [3.05, 3.63) is 46.6 Å². The molecule has 1 heterocycles. The normalized spacial score (nSPS) is 24.8. The summed E-state index contributed by atoms with van der Waals surface area (Å²) in [6.45, 7) is 0. The van der Waals surface area contributed by atoms with Gasteiger partial charge in [-0.3, -0.25) is 9.69 Å². The third-order valence-electron chi connectivity index (χ3n) is 4.17. The lowest BCUT2D eigenvalue weighted by Gasteiger charge is -2.36. The van der Waals surface area contributed by atoms with E-state index in [1.165, 1.54) is 48.3 Å². The van der Waals surface area contributed by atoms with E-state index < -0.39 is 35.1 Å². The Labute approximate surface area is 153 Å². The van der Waals surface area contributed by atoms with E-state index in [9.17, 15) is 22.8 Å². The number of halogens is 3. The molecule has 0 aliphatic carbocycles. The fourth-order valence-corrected chi connectivity index (χ4v) is 3.37. The van der Waals surface area contributed by atoms with Crippen molar-refractivity contribution in [1.29, 1.82) is 0 Å². The lowest BCUT2D eigenvalue weighted by molar-refractivity contribution is -0.157. The summed E-state index contributed by atoms with van der Waals surface area (Å²) >= 11 is 1.18. The molecule has 1 saturated heterocycles. The number of hydrogen-bond donors (Lipinski definition) is 0. The number of ether oxygens (including phenoxy) is 2. The van der Waals surface area contributed by atoms with Crippen molar-refractivity contribution in [2.75, 3.05) is 27.5 Å². The maximum absolute atomic E-state index is 13.2. The molecule has 26 heavy (non-hydrogen) atoms. The maximum Gasteiger partial charge on any atom is 0.416 e. The zero-order valence-electron chi connectivity index (χ0n) is 14.6. The first-order chi connectivity index (χ1) is 12.1. The molecule has 5 nitrogen and oxygen atoms in total. The Bertz CT molecular complexity index is 748. The quantitative estimate of drug-likeness (QED) is 0.583. The van der Waals surface area contributed by atoms with Crippen LogP contribution in [0.4, 0.5) is 13.2 Å².